The van der Waals surface area contributed by atoms with Crippen LogP contribution in [0, 0.1) is 0 Å². The minimum Gasteiger partial charge on any atom is -0.353 e. The van der Waals surface area contributed by atoms with Crippen molar-refractivity contribution in [3.05, 3.63) is 24.5 Å². The van der Waals surface area contributed by atoms with E-state index >= 15 is 0 Å². The Bertz CT molecular complexity index is 609. The number of H-pyrrole nitrogens is 1. The zero-order chi connectivity index (χ0) is 15.2. The van der Waals surface area contributed by atoms with E-state index in [1.165, 1.54) is 31.0 Å². The van der Waals surface area contributed by atoms with Gasteiger partial charge in [0.2, 0.25) is 11.1 Å². The molecule has 7 heteroatoms. The zero-order valence-corrected chi connectivity index (χ0v) is 13.1. The van der Waals surface area contributed by atoms with Crippen molar-refractivity contribution in [2.24, 2.45) is 0 Å². The van der Waals surface area contributed by atoms with E-state index in [4.69, 9.17) is 0 Å². The smallest absolute Gasteiger partial charge is 0.230 e. The molecule has 1 aliphatic rings. The molecule has 116 valence electrons. The molecule has 1 saturated carbocycles. The quantitative estimate of drug-likeness (QED) is 0.827. The number of rotatable bonds is 5. The number of pyridine rings is 1. The molecule has 1 fully saturated rings. The van der Waals surface area contributed by atoms with E-state index in [0.717, 1.165) is 18.4 Å². The first-order chi connectivity index (χ1) is 10.8. The predicted molar refractivity (Wildman–Crippen MR) is 85.4 cm³/mol. The molecule has 0 aliphatic heterocycles. The van der Waals surface area contributed by atoms with Gasteiger partial charge in [-0.1, -0.05) is 31.0 Å². The van der Waals surface area contributed by atoms with E-state index in [2.05, 4.69) is 25.5 Å². The van der Waals surface area contributed by atoms with Crippen LogP contribution < -0.4 is 5.32 Å². The average Bonchev–Trinajstić information content (AvgIpc) is 3.04. The highest BCUT2D eigenvalue weighted by molar-refractivity contribution is 7.99. The second-order valence-corrected chi connectivity index (χ2v) is 6.34. The number of aromatic nitrogens is 4. The van der Waals surface area contributed by atoms with E-state index in [9.17, 15) is 4.79 Å². The Morgan fingerprint density at radius 1 is 1.27 bits per heavy atom. The van der Waals surface area contributed by atoms with Gasteiger partial charge in [0, 0.05) is 24.0 Å². The maximum atomic E-state index is 12.0. The molecular formula is C15H19N5OS. The second-order valence-electron chi connectivity index (χ2n) is 5.39. The molecule has 0 unspecified atom stereocenters. The Morgan fingerprint density at radius 3 is 2.82 bits per heavy atom. The van der Waals surface area contributed by atoms with Crippen molar-refractivity contribution in [2.75, 3.05) is 5.75 Å². The zero-order valence-electron chi connectivity index (χ0n) is 12.3. The third-order valence-electron chi connectivity index (χ3n) is 3.72. The minimum atomic E-state index is 0.0622. The number of amides is 1. The molecule has 2 aromatic heterocycles. The first-order valence-corrected chi connectivity index (χ1v) is 8.55. The van der Waals surface area contributed by atoms with Gasteiger partial charge in [0.05, 0.1) is 5.75 Å². The summed E-state index contributed by atoms with van der Waals surface area (Å²) in [4.78, 5) is 20.3. The third kappa shape index (κ3) is 4.07. The summed E-state index contributed by atoms with van der Waals surface area (Å²) in [5.41, 5.74) is 0.931. The topological polar surface area (TPSA) is 83.6 Å². The van der Waals surface area contributed by atoms with Crippen molar-refractivity contribution in [3.8, 4) is 11.4 Å². The molecular weight excluding hydrogens is 298 g/mol. The Balaban J connectivity index is 1.49. The fourth-order valence-electron chi connectivity index (χ4n) is 2.60. The van der Waals surface area contributed by atoms with Crippen LogP contribution >= 0.6 is 11.8 Å². The Kier molecular flexibility index (Phi) is 5.05. The van der Waals surface area contributed by atoms with Gasteiger partial charge < -0.3 is 5.32 Å². The summed E-state index contributed by atoms with van der Waals surface area (Å²) in [7, 11) is 0. The molecule has 0 radical (unpaired) electrons. The van der Waals surface area contributed by atoms with Gasteiger partial charge in [-0.2, -0.15) is 0 Å². The molecule has 0 spiro atoms. The first-order valence-electron chi connectivity index (χ1n) is 7.56. The lowest BCUT2D eigenvalue weighted by Crippen LogP contribution is -2.37. The summed E-state index contributed by atoms with van der Waals surface area (Å²) in [6, 6.07) is 4.08. The van der Waals surface area contributed by atoms with Gasteiger partial charge in [0.25, 0.3) is 0 Å². The third-order valence-corrected chi connectivity index (χ3v) is 4.57. The number of nitrogens with one attached hydrogen (secondary N) is 2. The Labute approximate surface area is 133 Å². The van der Waals surface area contributed by atoms with Crippen molar-refractivity contribution in [1.29, 1.82) is 0 Å². The number of nitrogens with zero attached hydrogens (tertiary/aromatic N) is 3. The summed E-state index contributed by atoms with van der Waals surface area (Å²) in [6.07, 6.45) is 9.34. The molecule has 3 rings (SSSR count). The van der Waals surface area contributed by atoms with Crippen LogP contribution in [0.5, 0.6) is 0 Å². The Hall–Kier alpha value is -1.89. The molecule has 6 nitrogen and oxygen atoms in total. The van der Waals surface area contributed by atoms with Crippen LogP contribution in [0.25, 0.3) is 11.4 Å². The van der Waals surface area contributed by atoms with Crippen molar-refractivity contribution in [2.45, 2.75) is 43.3 Å². The number of thioether (sulfide) groups is 1. The standard InChI is InChI=1S/C15H19N5OS/c21-13(17-12-4-2-1-3-5-12)10-22-15-18-14(19-20-15)11-6-8-16-9-7-11/h6-9,12H,1-5,10H2,(H,17,21)(H,18,19,20). The molecule has 0 atom stereocenters. The monoisotopic (exact) mass is 317 g/mol. The van der Waals surface area contributed by atoms with Gasteiger partial charge in [0.15, 0.2) is 5.82 Å². The minimum absolute atomic E-state index is 0.0622. The van der Waals surface area contributed by atoms with Crippen molar-refractivity contribution < 1.29 is 4.79 Å². The lowest BCUT2D eigenvalue weighted by Gasteiger charge is -2.22. The van der Waals surface area contributed by atoms with E-state index in [-0.39, 0.29) is 5.91 Å². The fraction of sp³-hybridized carbons (Fsp3) is 0.467. The van der Waals surface area contributed by atoms with Crippen LogP contribution in [-0.2, 0) is 4.79 Å². The highest BCUT2D eigenvalue weighted by Crippen LogP contribution is 2.20. The predicted octanol–water partition coefficient (Wildman–Crippen LogP) is 2.41. The van der Waals surface area contributed by atoms with Crippen LogP contribution in [0.1, 0.15) is 32.1 Å². The van der Waals surface area contributed by atoms with Crippen LogP contribution in [0.3, 0.4) is 0 Å². The number of hydrogen-bond acceptors (Lipinski definition) is 5. The molecule has 1 aliphatic carbocycles. The number of carbonyl (C=O) groups excluding carboxylic acids is 1. The highest BCUT2D eigenvalue weighted by Gasteiger charge is 2.16. The van der Waals surface area contributed by atoms with Crippen LogP contribution in [-0.4, -0.2) is 37.9 Å². The molecule has 1 amide bonds. The number of aromatic amines is 1. The van der Waals surface area contributed by atoms with Gasteiger partial charge >= 0.3 is 0 Å². The molecule has 2 aromatic rings. The van der Waals surface area contributed by atoms with Gasteiger partial charge in [-0.15, -0.1) is 5.10 Å². The lowest BCUT2D eigenvalue weighted by molar-refractivity contribution is -0.119. The fourth-order valence-corrected chi connectivity index (χ4v) is 3.21. The van der Waals surface area contributed by atoms with E-state index in [1.54, 1.807) is 12.4 Å². The normalized spacial score (nSPS) is 15.6. The molecule has 2 N–H and O–H groups in total. The maximum absolute atomic E-state index is 12.0. The largest absolute Gasteiger partial charge is 0.353 e. The number of hydrogen-bond donors (Lipinski definition) is 2. The van der Waals surface area contributed by atoms with Gasteiger partial charge in [0.1, 0.15) is 0 Å². The van der Waals surface area contributed by atoms with Gasteiger partial charge in [-0.3, -0.25) is 14.9 Å². The summed E-state index contributed by atoms with van der Waals surface area (Å²) in [5, 5.41) is 10.7. The maximum Gasteiger partial charge on any atom is 0.230 e. The van der Waals surface area contributed by atoms with Gasteiger partial charge in [-0.05, 0) is 25.0 Å². The van der Waals surface area contributed by atoms with Crippen molar-refractivity contribution in [3.63, 3.8) is 0 Å². The lowest BCUT2D eigenvalue weighted by atomic mass is 9.95. The second kappa shape index (κ2) is 7.40. The highest BCUT2D eigenvalue weighted by atomic mass is 32.2. The summed E-state index contributed by atoms with van der Waals surface area (Å²) in [6.45, 7) is 0. The summed E-state index contributed by atoms with van der Waals surface area (Å²) >= 11 is 1.35. The molecule has 0 saturated heterocycles. The average molecular weight is 317 g/mol. The summed E-state index contributed by atoms with van der Waals surface area (Å²) in [5.74, 6) is 1.11. The Morgan fingerprint density at radius 2 is 2.05 bits per heavy atom. The first kappa shape index (κ1) is 15.0. The van der Waals surface area contributed by atoms with E-state index in [0.29, 0.717) is 22.8 Å². The van der Waals surface area contributed by atoms with E-state index in [1.807, 2.05) is 12.1 Å². The molecule has 0 bridgehead atoms. The molecule has 2 heterocycles. The van der Waals surface area contributed by atoms with Gasteiger partial charge in [-0.25, -0.2) is 4.98 Å². The van der Waals surface area contributed by atoms with Crippen LogP contribution in [0.15, 0.2) is 29.7 Å². The van der Waals surface area contributed by atoms with Crippen LogP contribution in [0.2, 0.25) is 0 Å². The van der Waals surface area contributed by atoms with Crippen molar-refractivity contribution in [1.82, 2.24) is 25.5 Å². The molecule has 0 aromatic carbocycles. The van der Waals surface area contributed by atoms with Crippen LogP contribution in [0.4, 0.5) is 0 Å². The van der Waals surface area contributed by atoms with Crippen molar-refractivity contribution >= 4 is 17.7 Å². The SMILES string of the molecule is O=C(CSc1n[nH]c(-c2ccncc2)n1)NC1CCCCC1. The summed E-state index contributed by atoms with van der Waals surface area (Å²) < 4.78 is 0. The van der Waals surface area contributed by atoms with E-state index < -0.39 is 0 Å². The number of carbonyl (C=O) groups is 1. The molecule has 22 heavy (non-hydrogen) atoms.